The van der Waals surface area contributed by atoms with Gasteiger partial charge in [-0.1, -0.05) is 30.3 Å². The van der Waals surface area contributed by atoms with Crippen LogP contribution in [0.5, 0.6) is 0 Å². The summed E-state index contributed by atoms with van der Waals surface area (Å²) in [5, 5.41) is 0.582. The van der Waals surface area contributed by atoms with Crippen molar-refractivity contribution < 1.29 is 30.6 Å². The van der Waals surface area contributed by atoms with E-state index < -0.39 is 39.7 Å². The van der Waals surface area contributed by atoms with Gasteiger partial charge in [0.15, 0.2) is 5.96 Å². The van der Waals surface area contributed by atoms with Crippen LogP contribution in [0.15, 0.2) is 59.6 Å². The zero-order valence-corrected chi connectivity index (χ0v) is 16.4. The monoisotopic (exact) mass is 452 g/mol. The highest BCUT2D eigenvalue weighted by atomic mass is 32.2. The molecule has 1 amide bonds. The predicted octanol–water partition coefficient (Wildman–Crippen LogP) is 3.16. The molecular weight excluding hydrogens is 437 g/mol. The highest BCUT2D eigenvalue weighted by molar-refractivity contribution is 7.86. The lowest BCUT2D eigenvalue weighted by atomic mass is 10.0. The number of benzene rings is 2. The van der Waals surface area contributed by atoms with Gasteiger partial charge >= 0.3 is 22.4 Å². The second-order valence-electron chi connectivity index (χ2n) is 6.35. The summed E-state index contributed by atoms with van der Waals surface area (Å²) >= 11 is 0. The molecule has 0 saturated carbocycles. The fourth-order valence-corrected chi connectivity index (χ4v) is 3.70. The fraction of sp³-hybridized carbons (Fsp3) is 0.105. The number of carbonyl (C=O) groups is 1. The van der Waals surface area contributed by atoms with Crippen LogP contribution in [-0.4, -0.2) is 25.5 Å². The maximum Gasteiger partial charge on any atom is 0.452 e. The van der Waals surface area contributed by atoms with E-state index in [0.717, 1.165) is 12.1 Å². The minimum Gasteiger partial charge on any atom is -0.370 e. The zero-order chi connectivity index (χ0) is 22.8. The molecule has 162 valence electrons. The second kappa shape index (κ2) is 8.22. The molecule has 1 heterocycles. The third-order valence-electron chi connectivity index (χ3n) is 4.04. The number of para-hydroxylation sites is 1. The lowest BCUT2D eigenvalue weighted by Gasteiger charge is -2.12. The first-order valence-corrected chi connectivity index (χ1v) is 10.1. The number of guanidine groups is 1. The summed E-state index contributed by atoms with van der Waals surface area (Å²) in [6.07, 6.45) is -6.05. The molecule has 0 spiro atoms. The van der Waals surface area contributed by atoms with E-state index in [1.54, 1.807) is 24.3 Å². The molecule has 0 fully saturated rings. The largest absolute Gasteiger partial charge is 0.452 e. The number of amides is 1. The zero-order valence-electron chi connectivity index (χ0n) is 15.6. The molecular formula is C19H15F3N4O4S. The van der Waals surface area contributed by atoms with Gasteiger partial charge in [0.1, 0.15) is 5.75 Å². The Kier molecular flexibility index (Phi) is 5.84. The van der Waals surface area contributed by atoms with Crippen LogP contribution in [-0.2, 0) is 26.2 Å². The van der Waals surface area contributed by atoms with Crippen molar-refractivity contribution in [3.8, 4) is 11.3 Å². The molecule has 0 aliphatic rings. The van der Waals surface area contributed by atoms with Crippen LogP contribution < -0.4 is 11.5 Å². The Balaban J connectivity index is 2.06. The standard InChI is InChI=1S/C19H15F3N4O4S/c20-19(21,22)14-7-5-11(6-8-14)16-13(9-12-3-1-2-4-15(12)25-16)10-31(28,29)30-18(27)26-17(23)24/h1-9H,10H2,(H4,23,24,26,27). The molecule has 0 aliphatic carbocycles. The molecule has 12 heteroatoms. The van der Waals surface area contributed by atoms with Gasteiger partial charge in [-0.25, -0.2) is 9.78 Å². The van der Waals surface area contributed by atoms with Crippen LogP contribution in [0.25, 0.3) is 22.2 Å². The summed E-state index contributed by atoms with van der Waals surface area (Å²) in [5.74, 6) is -1.48. The van der Waals surface area contributed by atoms with Crippen LogP contribution in [0.3, 0.4) is 0 Å². The molecule has 31 heavy (non-hydrogen) atoms. The average molecular weight is 452 g/mol. The number of nitrogens with two attached hydrogens (primary N) is 2. The maximum atomic E-state index is 12.9. The summed E-state index contributed by atoms with van der Waals surface area (Å²) in [6.45, 7) is 0. The molecule has 0 bridgehead atoms. The first kappa shape index (κ1) is 22.0. The van der Waals surface area contributed by atoms with Crippen molar-refractivity contribution in [1.82, 2.24) is 4.98 Å². The van der Waals surface area contributed by atoms with Crippen LogP contribution >= 0.6 is 0 Å². The minimum absolute atomic E-state index is 0.107. The van der Waals surface area contributed by atoms with Gasteiger partial charge < -0.3 is 15.7 Å². The molecule has 0 unspecified atom stereocenters. The van der Waals surface area contributed by atoms with Crippen molar-refractivity contribution in [2.24, 2.45) is 16.5 Å². The summed E-state index contributed by atoms with van der Waals surface area (Å²) in [6, 6.07) is 12.4. The number of carbonyl (C=O) groups excluding carboxylic acids is 1. The lowest BCUT2D eigenvalue weighted by molar-refractivity contribution is -0.137. The molecule has 0 atom stereocenters. The number of aromatic nitrogens is 1. The Hall–Kier alpha value is -3.67. The Labute approximate surface area is 174 Å². The smallest absolute Gasteiger partial charge is 0.370 e. The third kappa shape index (κ3) is 5.48. The number of rotatable bonds is 4. The van der Waals surface area contributed by atoms with E-state index in [2.05, 4.69) is 14.2 Å². The molecule has 3 rings (SSSR count). The summed E-state index contributed by atoms with van der Waals surface area (Å²) < 4.78 is 67.6. The Morgan fingerprint density at radius 3 is 2.32 bits per heavy atom. The van der Waals surface area contributed by atoms with Crippen molar-refractivity contribution >= 4 is 33.1 Å². The Morgan fingerprint density at radius 1 is 1.06 bits per heavy atom. The van der Waals surface area contributed by atoms with E-state index >= 15 is 0 Å². The van der Waals surface area contributed by atoms with Crippen LogP contribution in [0.2, 0.25) is 0 Å². The maximum absolute atomic E-state index is 12.9. The third-order valence-corrected chi connectivity index (χ3v) is 5.10. The molecule has 4 N–H and O–H groups in total. The van der Waals surface area contributed by atoms with Crippen LogP contribution in [0.4, 0.5) is 18.0 Å². The van der Waals surface area contributed by atoms with Crippen molar-refractivity contribution in [3.05, 3.63) is 65.7 Å². The molecule has 2 aromatic carbocycles. The SMILES string of the molecule is NC(N)=NC(=O)OS(=O)(=O)Cc1cc2ccccc2nc1-c1ccc(C(F)(F)F)cc1. The van der Waals surface area contributed by atoms with Crippen LogP contribution in [0, 0.1) is 0 Å². The second-order valence-corrected chi connectivity index (χ2v) is 7.92. The molecule has 0 aliphatic heterocycles. The quantitative estimate of drug-likeness (QED) is 0.352. The highest BCUT2D eigenvalue weighted by Crippen LogP contribution is 2.32. The lowest BCUT2D eigenvalue weighted by Crippen LogP contribution is -2.25. The van der Waals surface area contributed by atoms with E-state index in [4.69, 9.17) is 11.5 Å². The van der Waals surface area contributed by atoms with Gasteiger partial charge in [-0.2, -0.15) is 21.6 Å². The summed E-state index contributed by atoms with van der Waals surface area (Å²) in [7, 11) is -4.50. The van der Waals surface area contributed by atoms with Gasteiger partial charge in [-0.05, 0) is 29.8 Å². The van der Waals surface area contributed by atoms with E-state index in [-0.39, 0.29) is 16.8 Å². The number of pyridine rings is 1. The summed E-state index contributed by atoms with van der Waals surface area (Å²) in [5.41, 5.74) is 10.1. The topological polar surface area (TPSA) is 138 Å². The van der Waals surface area contributed by atoms with Crippen molar-refractivity contribution in [1.29, 1.82) is 0 Å². The number of fused-ring (bicyclic) bond motifs is 1. The first-order valence-electron chi connectivity index (χ1n) is 8.57. The average Bonchev–Trinajstić information content (AvgIpc) is 2.65. The van der Waals surface area contributed by atoms with Crippen molar-refractivity contribution in [2.75, 3.05) is 0 Å². The number of aliphatic imine (C=N–C) groups is 1. The van der Waals surface area contributed by atoms with Crippen molar-refractivity contribution in [2.45, 2.75) is 11.9 Å². The van der Waals surface area contributed by atoms with Gasteiger partial charge in [0, 0.05) is 10.9 Å². The van der Waals surface area contributed by atoms with Crippen LogP contribution in [0.1, 0.15) is 11.1 Å². The number of hydrogen-bond acceptors (Lipinski definition) is 5. The van der Waals surface area contributed by atoms with E-state index in [9.17, 15) is 26.4 Å². The minimum atomic E-state index is -4.53. The normalized spacial score (nSPS) is 11.8. The van der Waals surface area contributed by atoms with Gasteiger partial charge in [0.05, 0.1) is 16.8 Å². The summed E-state index contributed by atoms with van der Waals surface area (Å²) in [4.78, 5) is 18.9. The number of hydrogen-bond donors (Lipinski definition) is 2. The molecule has 1 aromatic heterocycles. The van der Waals surface area contributed by atoms with Crippen molar-refractivity contribution in [3.63, 3.8) is 0 Å². The first-order chi connectivity index (χ1) is 14.4. The van der Waals surface area contributed by atoms with Gasteiger partial charge in [0.2, 0.25) is 0 Å². The molecule has 3 aromatic rings. The van der Waals surface area contributed by atoms with Gasteiger partial charge in [0.25, 0.3) is 0 Å². The highest BCUT2D eigenvalue weighted by Gasteiger charge is 2.30. The van der Waals surface area contributed by atoms with E-state index in [1.165, 1.54) is 18.2 Å². The molecule has 0 saturated heterocycles. The number of nitrogens with zero attached hydrogens (tertiary/aromatic N) is 2. The Bertz CT molecular complexity index is 1270. The number of halogens is 3. The Morgan fingerprint density at radius 2 is 1.71 bits per heavy atom. The molecule has 8 nitrogen and oxygen atoms in total. The molecule has 0 radical (unpaired) electrons. The predicted molar refractivity (Wildman–Crippen MR) is 107 cm³/mol. The van der Waals surface area contributed by atoms with Gasteiger partial charge in [-0.3, -0.25) is 0 Å². The van der Waals surface area contributed by atoms with E-state index in [0.29, 0.717) is 10.9 Å². The number of alkyl halides is 3. The van der Waals surface area contributed by atoms with E-state index in [1.807, 2.05) is 0 Å². The van der Waals surface area contributed by atoms with Gasteiger partial charge in [-0.15, -0.1) is 4.99 Å². The fourth-order valence-electron chi connectivity index (χ4n) is 2.79.